The second-order valence-electron chi connectivity index (χ2n) is 5.72. The van der Waals surface area contributed by atoms with Gasteiger partial charge in [-0.05, 0) is 37.1 Å². The van der Waals surface area contributed by atoms with Crippen molar-refractivity contribution in [3.63, 3.8) is 0 Å². The third-order valence-electron chi connectivity index (χ3n) is 3.94. The molecule has 5 nitrogen and oxygen atoms in total. The van der Waals surface area contributed by atoms with E-state index < -0.39 is 0 Å². The Hall–Kier alpha value is -1.85. The van der Waals surface area contributed by atoms with Gasteiger partial charge in [-0.3, -0.25) is 4.79 Å². The zero-order valence-corrected chi connectivity index (χ0v) is 14.6. The van der Waals surface area contributed by atoms with Gasteiger partial charge in [-0.25, -0.2) is 9.97 Å². The van der Waals surface area contributed by atoms with Gasteiger partial charge in [-0.2, -0.15) is 0 Å². The molecular weight excluding hydrogens is 347 g/mol. The van der Waals surface area contributed by atoms with Crippen molar-refractivity contribution in [3.05, 3.63) is 46.2 Å². The molecule has 2 heterocycles. The molecule has 1 aromatic heterocycles. The highest BCUT2D eigenvalue weighted by Crippen LogP contribution is 2.26. The number of aromatic nitrogens is 2. The van der Waals surface area contributed by atoms with E-state index in [-0.39, 0.29) is 5.91 Å². The van der Waals surface area contributed by atoms with Crippen molar-refractivity contribution in [2.45, 2.75) is 25.7 Å². The Kier molecular flexibility index (Phi) is 5.53. The third kappa shape index (κ3) is 4.16. The van der Waals surface area contributed by atoms with Crippen LogP contribution in [-0.2, 0) is 0 Å². The van der Waals surface area contributed by atoms with Crippen LogP contribution >= 0.6 is 23.2 Å². The van der Waals surface area contributed by atoms with Crippen molar-refractivity contribution in [1.29, 1.82) is 0 Å². The minimum absolute atomic E-state index is 0.306. The molecule has 0 aliphatic carbocycles. The fourth-order valence-corrected chi connectivity index (χ4v) is 3.01. The van der Waals surface area contributed by atoms with Crippen molar-refractivity contribution < 1.29 is 4.79 Å². The van der Waals surface area contributed by atoms with Crippen LogP contribution in [0.15, 0.2) is 30.5 Å². The van der Waals surface area contributed by atoms with Crippen molar-refractivity contribution in [2.75, 3.05) is 23.3 Å². The normalized spacial score (nSPS) is 15.0. The molecular formula is C17H18Cl2N4O. The quantitative estimate of drug-likeness (QED) is 0.875. The Morgan fingerprint density at radius 2 is 1.83 bits per heavy atom. The van der Waals surface area contributed by atoms with Crippen molar-refractivity contribution in [1.82, 2.24) is 9.97 Å². The molecule has 24 heavy (non-hydrogen) atoms. The molecule has 1 N–H and O–H groups in total. The zero-order chi connectivity index (χ0) is 16.9. The first kappa shape index (κ1) is 17.0. The fourth-order valence-electron chi connectivity index (χ4n) is 2.68. The number of nitrogens with one attached hydrogen (secondary N) is 1. The first-order valence-corrected chi connectivity index (χ1v) is 8.73. The number of nitrogens with zero attached hydrogens (tertiary/aromatic N) is 3. The predicted molar refractivity (Wildman–Crippen MR) is 97.1 cm³/mol. The lowest BCUT2D eigenvalue weighted by atomic mass is 10.2. The summed E-state index contributed by atoms with van der Waals surface area (Å²) < 4.78 is 0. The van der Waals surface area contributed by atoms with Crippen LogP contribution in [0.2, 0.25) is 10.0 Å². The van der Waals surface area contributed by atoms with E-state index in [2.05, 4.69) is 20.2 Å². The molecule has 1 saturated heterocycles. The van der Waals surface area contributed by atoms with E-state index >= 15 is 0 Å². The third-order valence-corrected chi connectivity index (χ3v) is 4.51. The number of amides is 1. The molecule has 0 saturated carbocycles. The molecule has 126 valence electrons. The zero-order valence-electron chi connectivity index (χ0n) is 13.1. The van der Waals surface area contributed by atoms with Gasteiger partial charge in [0.05, 0.1) is 10.7 Å². The molecule has 1 amide bonds. The average molecular weight is 365 g/mol. The number of carbonyl (C=O) groups excluding carboxylic acids is 1. The molecule has 1 aliphatic heterocycles. The molecule has 0 unspecified atom stereocenters. The minimum atomic E-state index is -0.336. The van der Waals surface area contributed by atoms with Gasteiger partial charge in [-0.1, -0.05) is 36.0 Å². The molecule has 0 atom stereocenters. The summed E-state index contributed by atoms with van der Waals surface area (Å²) in [6.45, 7) is 1.84. The Morgan fingerprint density at radius 3 is 2.58 bits per heavy atom. The number of hydrogen-bond donors (Lipinski definition) is 1. The molecule has 2 aromatic rings. The van der Waals surface area contributed by atoms with Crippen LogP contribution in [0.5, 0.6) is 0 Å². The maximum atomic E-state index is 12.5. The molecule has 0 spiro atoms. The van der Waals surface area contributed by atoms with Gasteiger partial charge in [0.2, 0.25) is 5.95 Å². The molecule has 0 bridgehead atoms. The monoisotopic (exact) mass is 364 g/mol. The summed E-state index contributed by atoms with van der Waals surface area (Å²) in [4.78, 5) is 23.3. The molecule has 0 radical (unpaired) electrons. The van der Waals surface area contributed by atoms with Crippen molar-refractivity contribution in [3.8, 4) is 0 Å². The molecule has 1 aromatic carbocycles. The van der Waals surface area contributed by atoms with Crippen LogP contribution in [0, 0.1) is 0 Å². The second-order valence-corrected chi connectivity index (χ2v) is 6.57. The van der Waals surface area contributed by atoms with Crippen LogP contribution in [-0.4, -0.2) is 29.0 Å². The highest BCUT2D eigenvalue weighted by Gasteiger charge is 2.16. The van der Waals surface area contributed by atoms with Crippen molar-refractivity contribution in [2.24, 2.45) is 0 Å². The lowest BCUT2D eigenvalue weighted by molar-refractivity contribution is 0.102. The molecule has 1 fully saturated rings. The SMILES string of the molecule is O=C(Nc1cc(Cl)ccc1Cl)c1ccnc(N2CCCCCC2)n1. The average Bonchev–Trinajstić information content (AvgIpc) is 2.87. The van der Waals surface area contributed by atoms with Gasteiger partial charge < -0.3 is 10.2 Å². The lowest BCUT2D eigenvalue weighted by Gasteiger charge is -2.20. The highest BCUT2D eigenvalue weighted by molar-refractivity contribution is 6.35. The first-order valence-electron chi connectivity index (χ1n) is 7.98. The van der Waals surface area contributed by atoms with Gasteiger partial charge in [0.25, 0.3) is 5.91 Å². The van der Waals surface area contributed by atoms with E-state index in [0.717, 1.165) is 25.9 Å². The van der Waals surface area contributed by atoms with Crippen LogP contribution < -0.4 is 10.2 Å². The Balaban J connectivity index is 1.77. The van der Waals surface area contributed by atoms with Crippen LogP contribution in [0.1, 0.15) is 36.2 Å². The number of benzene rings is 1. The maximum absolute atomic E-state index is 12.5. The number of rotatable bonds is 3. The fraction of sp³-hybridized carbons (Fsp3) is 0.353. The smallest absolute Gasteiger partial charge is 0.274 e. The Bertz CT molecular complexity index is 730. The van der Waals surface area contributed by atoms with E-state index in [0.29, 0.717) is 27.4 Å². The van der Waals surface area contributed by atoms with Crippen molar-refractivity contribution >= 4 is 40.7 Å². The number of anilines is 2. The maximum Gasteiger partial charge on any atom is 0.274 e. The number of carbonyl (C=O) groups is 1. The van der Waals surface area contributed by atoms with Gasteiger partial charge in [-0.15, -0.1) is 0 Å². The summed E-state index contributed by atoms with van der Waals surface area (Å²) in [5.74, 6) is 0.263. The Labute approximate surface area is 151 Å². The van der Waals surface area contributed by atoms with Gasteiger partial charge >= 0.3 is 0 Å². The van der Waals surface area contributed by atoms with Gasteiger partial charge in [0, 0.05) is 24.3 Å². The molecule has 3 rings (SSSR count). The molecule has 7 heteroatoms. The second kappa shape index (κ2) is 7.81. The Morgan fingerprint density at radius 1 is 1.08 bits per heavy atom. The first-order chi connectivity index (χ1) is 11.6. The predicted octanol–water partition coefficient (Wildman–Crippen LogP) is 4.42. The minimum Gasteiger partial charge on any atom is -0.341 e. The van der Waals surface area contributed by atoms with Gasteiger partial charge in [0.15, 0.2) is 0 Å². The van der Waals surface area contributed by atoms with E-state index in [4.69, 9.17) is 23.2 Å². The largest absolute Gasteiger partial charge is 0.341 e. The van der Waals surface area contributed by atoms with E-state index in [9.17, 15) is 4.79 Å². The summed E-state index contributed by atoms with van der Waals surface area (Å²) in [5.41, 5.74) is 0.768. The van der Waals surface area contributed by atoms with E-state index in [1.807, 2.05) is 0 Å². The standard InChI is InChI=1S/C17H18Cl2N4O/c18-12-5-6-13(19)15(11-12)21-16(24)14-7-8-20-17(22-14)23-9-3-1-2-4-10-23/h5-8,11H,1-4,9-10H2,(H,21,24). The summed E-state index contributed by atoms with van der Waals surface area (Å²) >= 11 is 12.0. The lowest BCUT2D eigenvalue weighted by Crippen LogP contribution is -2.27. The number of hydrogen-bond acceptors (Lipinski definition) is 4. The highest BCUT2D eigenvalue weighted by atomic mass is 35.5. The summed E-state index contributed by atoms with van der Waals surface area (Å²) in [6.07, 6.45) is 6.31. The number of halogens is 2. The summed E-state index contributed by atoms with van der Waals surface area (Å²) in [5, 5.41) is 3.67. The summed E-state index contributed by atoms with van der Waals surface area (Å²) in [6, 6.07) is 6.51. The topological polar surface area (TPSA) is 58.1 Å². The van der Waals surface area contributed by atoms with Crippen LogP contribution in [0.25, 0.3) is 0 Å². The van der Waals surface area contributed by atoms with E-state index in [1.165, 1.54) is 12.8 Å². The van der Waals surface area contributed by atoms with Crippen LogP contribution in [0.3, 0.4) is 0 Å². The van der Waals surface area contributed by atoms with Gasteiger partial charge in [0.1, 0.15) is 5.69 Å². The van der Waals surface area contributed by atoms with Crippen LogP contribution in [0.4, 0.5) is 11.6 Å². The van der Waals surface area contributed by atoms with E-state index in [1.54, 1.807) is 30.5 Å². The molecule has 1 aliphatic rings. The summed E-state index contributed by atoms with van der Waals surface area (Å²) in [7, 11) is 0.